The van der Waals surface area contributed by atoms with Crippen molar-refractivity contribution in [2.75, 3.05) is 6.61 Å². The van der Waals surface area contributed by atoms with Gasteiger partial charge in [-0.3, -0.25) is 0 Å². The highest BCUT2D eigenvalue weighted by Crippen LogP contribution is 2.26. The van der Waals surface area contributed by atoms with E-state index in [2.05, 4.69) is 29.4 Å². The summed E-state index contributed by atoms with van der Waals surface area (Å²) in [6.07, 6.45) is 2.78. The van der Waals surface area contributed by atoms with Crippen molar-refractivity contribution in [3.63, 3.8) is 0 Å². The number of nitrogens with zero attached hydrogens (tertiary/aromatic N) is 3. The molecular formula is C13H17N3O. The summed E-state index contributed by atoms with van der Waals surface area (Å²) in [6, 6.07) is 10.3. The number of hydrogen-bond donors (Lipinski definition) is 1. The normalized spacial score (nSPS) is 12.6. The molecule has 1 heterocycles. The Kier molecular flexibility index (Phi) is 3.88. The van der Waals surface area contributed by atoms with Gasteiger partial charge in [-0.2, -0.15) is 0 Å². The average molecular weight is 231 g/mol. The third-order valence-electron chi connectivity index (χ3n) is 2.93. The fourth-order valence-corrected chi connectivity index (χ4v) is 2.10. The van der Waals surface area contributed by atoms with E-state index in [1.165, 1.54) is 5.56 Å². The van der Waals surface area contributed by atoms with Crippen LogP contribution in [-0.4, -0.2) is 26.7 Å². The lowest BCUT2D eigenvalue weighted by Crippen LogP contribution is -2.12. The average Bonchev–Trinajstić information content (AvgIpc) is 2.81. The van der Waals surface area contributed by atoms with Crippen LogP contribution in [0.2, 0.25) is 0 Å². The Labute approximate surface area is 101 Å². The van der Waals surface area contributed by atoms with E-state index in [0.29, 0.717) is 6.54 Å². The maximum absolute atomic E-state index is 9.00. The van der Waals surface area contributed by atoms with E-state index in [0.717, 1.165) is 12.1 Å². The predicted octanol–water partition coefficient (Wildman–Crippen LogP) is 1.81. The van der Waals surface area contributed by atoms with Gasteiger partial charge < -0.3 is 5.11 Å². The second-order valence-corrected chi connectivity index (χ2v) is 3.98. The highest BCUT2D eigenvalue weighted by atomic mass is 16.3. The van der Waals surface area contributed by atoms with Gasteiger partial charge in [-0.25, -0.2) is 4.68 Å². The van der Waals surface area contributed by atoms with E-state index < -0.39 is 0 Å². The van der Waals surface area contributed by atoms with E-state index in [4.69, 9.17) is 5.11 Å². The maximum atomic E-state index is 9.00. The fourth-order valence-electron chi connectivity index (χ4n) is 2.10. The predicted molar refractivity (Wildman–Crippen MR) is 65.7 cm³/mol. The molecule has 90 valence electrons. The van der Waals surface area contributed by atoms with Gasteiger partial charge in [-0.1, -0.05) is 42.5 Å². The Hall–Kier alpha value is -1.68. The van der Waals surface area contributed by atoms with Crippen LogP contribution in [0.4, 0.5) is 0 Å². The zero-order chi connectivity index (χ0) is 12.1. The first-order valence-corrected chi connectivity index (χ1v) is 5.91. The molecule has 0 amide bonds. The lowest BCUT2D eigenvalue weighted by molar-refractivity contribution is 0.265. The molecule has 1 aromatic heterocycles. The van der Waals surface area contributed by atoms with Crippen molar-refractivity contribution < 1.29 is 5.11 Å². The van der Waals surface area contributed by atoms with E-state index in [-0.39, 0.29) is 12.5 Å². The quantitative estimate of drug-likeness (QED) is 0.853. The van der Waals surface area contributed by atoms with Crippen molar-refractivity contribution in [1.29, 1.82) is 0 Å². The third-order valence-corrected chi connectivity index (χ3v) is 2.93. The Morgan fingerprint density at radius 1 is 1.29 bits per heavy atom. The SMILES string of the molecule is CC[C@@H](c1ccccc1)c1cnnn1CCO. The first-order chi connectivity index (χ1) is 8.36. The summed E-state index contributed by atoms with van der Waals surface area (Å²) >= 11 is 0. The second-order valence-electron chi connectivity index (χ2n) is 3.98. The van der Waals surface area contributed by atoms with Gasteiger partial charge in [-0.05, 0) is 12.0 Å². The van der Waals surface area contributed by atoms with Crippen molar-refractivity contribution in [1.82, 2.24) is 15.0 Å². The van der Waals surface area contributed by atoms with Crippen LogP contribution in [0.15, 0.2) is 36.5 Å². The zero-order valence-electron chi connectivity index (χ0n) is 9.95. The minimum Gasteiger partial charge on any atom is -0.394 e. The van der Waals surface area contributed by atoms with Gasteiger partial charge in [0.1, 0.15) is 0 Å². The number of hydrogen-bond acceptors (Lipinski definition) is 3. The van der Waals surface area contributed by atoms with Crippen LogP contribution in [0.3, 0.4) is 0 Å². The molecule has 4 nitrogen and oxygen atoms in total. The van der Waals surface area contributed by atoms with Crippen molar-refractivity contribution in [2.45, 2.75) is 25.8 Å². The Bertz CT molecular complexity index is 453. The molecule has 2 aromatic rings. The topological polar surface area (TPSA) is 50.9 Å². The fraction of sp³-hybridized carbons (Fsp3) is 0.385. The van der Waals surface area contributed by atoms with E-state index in [9.17, 15) is 0 Å². The molecular weight excluding hydrogens is 214 g/mol. The molecule has 0 saturated heterocycles. The Balaban J connectivity index is 2.32. The molecule has 4 heteroatoms. The number of rotatable bonds is 5. The van der Waals surface area contributed by atoms with E-state index in [1.807, 2.05) is 18.2 Å². The molecule has 0 bridgehead atoms. The second kappa shape index (κ2) is 5.59. The lowest BCUT2D eigenvalue weighted by atomic mass is 9.93. The molecule has 0 saturated carbocycles. The standard InChI is InChI=1S/C13H17N3O/c1-2-12(11-6-4-3-5-7-11)13-10-14-15-16(13)8-9-17/h3-7,10,12,17H,2,8-9H2,1H3/t12-/m0/s1. The number of aromatic nitrogens is 3. The van der Waals surface area contributed by atoms with Gasteiger partial charge in [0.2, 0.25) is 0 Å². The lowest BCUT2D eigenvalue weighted by Gasteiger charge is -2.16. The highest BCUT2D eigenvalue weighted by Gasteiger charge is 2.16. The highest BCUT2D eigenvalue weighted by molar-refractivity contribution is 5.27. The molecule has 0 aliphatic rings. The van der Waals surface area contributed by atoms with E-state index >= 15 is 0 Å². The summed E-state index contributed by atoms with van der Waals surface area (Å²) in [6.45, 7) is 2.73. The summed E-state index contributed by atoms with van der Waals surface area (Å²) in [5, 5.41) is 16.9. The molecule has 0 unspecified atom stereocenters. The van der Waals surface area contributed by atoms with Gasteiger partial charge in [-0.15, -0.1) is 5.10 Å². The molecule has 0 spiro atoms. The van der Waals surface area contributed by atoms with Crippen LogP contribution < -0.4 is 0 Å². The van der Waals surface area contributed by atoms with Crippen molar-refractivity contribution in [3.8, 4) is 0 Å². The van der Waals surface area contributed by atoms with Gasteiger partial charge >= 0.3 is 0 Å². The molecule has 0 aliphatic carbocycles. The largest absolute Gasteiger partial charge is 0.394 e. The Morgan fingerprint density at radius 3 is 2.71 bits per heavy atom. The molecule has 2 rings (SSSR count). The number of aliphatic hydroxyl groups excluding tert-OH is 1. The van der Waals surface area contributed by atoms with Gasteiger partial charge in [0.15, 0.2) is 0 Å². The zero-order valence-corrected chi connectivity index (χ0v) is 9.95. The van der Waals surface area contributed by atoms with Crippen LogP contribution in [0.25, 0.3) is 0 Å². The summed E-state index contributed by atoms with van der Waals surface area (Å²) in [5.41, 5.74) is 2.32. The third kappa shape index (κ3) is 2.53. The van der Waals surface area contributed by atoms with Crippen LogP contribution in [-0.2, 0) is 6.54 Å². The van der Waals surface area contributed by atoms with Gasteiger partial charge in [0.05, 0.1) is 25.0 Å². The number of aliphatic hydroxyl groups is 1. The van der Waals surface area contributed by atoms with Crippen molar-refractivity contribution in [2.24, 2.45) is 0 Å². The Morgan fingerprint density at radius 2 is 2.06 bits per heavy atom. The maximum Gasteiger partial charge on any atom is 0.0731 e. The molecule has 0 radical (unpaired) electrons. The van der Waals surface area contributed by atoms with E-state index in [1.54, 1.807) is 10.9 Å². The smallest absolute Gasteiger partial charge is 0.0731 e. The van der Waals surface area contributed by atoms with Gasteiger partial charge in [0.25, 0.3) is 0 Å². The van der Waals surface area contributed by atoms with Crippen LogP contribution in [0, 0.1) is 0 Å². The first kappa shape index (κ1) is 11.8. The first-order valence-electron chi connectivity index (χ1n) is 5.91. The molecule has 17 heavy (non-hydrogen) atoms. The monoisotopic (exact) mass is 231 g/mol. The van der Waals surface area contributed by atoms with Crippen LogP contribution in [0.5, 0.6) is 0 Å². The van der Waals surface area contributed by atoms with Crippen molar-refractivity contribution >= 4 is 0 Å². The molecule has 1 N–H and O–H groups in total. The summed E-state index contributed by atoms with van der Waals surface area (Å²) in [4.78, 5) is 0. The van der Waals surface area contributed by atoms with Crippen molar-refractivity contribution in [3.05, 3.63) is 47.8 Å². The number of benzene rings is 1. The molecule has 1 atom stereocenters. The molecule has 0 fully saturated rings. The summed E-state index contributed by atoms with van der Waals surface area (Å²) in [7, 11) is 0. The molecule has 1 aromatic carbocycles. The molecule has 0 aliphatic heterocycles. The minimum absolute atomic E-state index is 0.0849. The minimum atomic E-state index is 0.0849. The van der Waals surface area contributed by atoms with Crippen LogP contribution in [0.1, 0.15) is 30.5 Å². The summed E-state index contributed by atoms with van der Waals surface area (Å²) < 4.78 is 1.78. The van der Waals surface area contributed by atoms with Gasteiger partial charge in [0, 0.05) is 5.92 Å². The summed E-state index contributed by atoms with van der Waals surface area (Å²) in [5.74, 6) is 0.290. The van der Waals surface area contributed by atoms with Crippen LogP contribution >= 0.6 is 0 Å².